The molecule has 1 aliphatic carbocycles. The molecule has 9 heteroatoms. The third-order valence-corrected chi connectivity index (χ3v) is 5.90. The Kier molecular flexibility index (Phi) is 5.24. The van der Waals surface area contributed by atoms with Gasteiger partial charge in [0.2, 0.25) is 5.91 Å². The largest absolute Gasteiger partial charge is 0.493 e. The van der Waals surface area contributed by atoms with E-state index in [9.17, 15) is 9.59 Å². The van der Waals surface area contributed by atoms with Crippen molar-refractivity contribution in [3.05, 3.63) is 48.8 Å². The van der Waals surface area contributed by atoms with Crippen LogP contribution in [0.15, 0.2) is 48.8 Å². The van der Waals surface area contributed by atoms with Crippen molar-refractivity contribution in [2.45, 2.75) is 38.8 Å². The topological polar surface area (TPSA) is 89.8 Å². The average molecular weight is 447 g/mol. The van der Waals surface area contributed by atoms with E-state index in [0.29, 0.717) is 34.7 Å². The molecule has 0 bridgehead atoms. The Morgan fingerprint density at radius 2 is 1.85 bits per heavy atom. The lowest BCUT2D eigenvalue weighted by Gasteiger charge is -2.39. The molecule has 3 heterocycles. The van der Waals surface area contributed by atoms with Gasteiger partial charge in [0, 0.05) is 18.7 Å². The van der Waals surface area contributed by atoms with Crippen molar-refractivity contribution in [3.63, 3.8) is 0 Å². The number of anilines is 2. The maximum absolute atomic E-state index is 13.3. The second-order valence-corrected chi connectivity index (χ2v) is 8.35. The first-order chi connectivity index (χ1) is 16.0. The lowest BCUT2D eigenvalue weighted by molar-refractivity contribution is -0.117. The molecule has 1 saturated carbocycles. The first-order valence-corrected chi connectivity index (χ1v) is 10.9. The van der Waals surface area contributed by atoms with Crippen LogP contribution in [-0.4, -0.2) is 46.5 Å². The minimum absolute atomic E-state index is 0.113. The maximum atomic E-state index is 13.3. The minimum atomic E-state index is -0.589. The standard InChI is InChI=1S/C24H25N5O4/c1-15-13-27(24(31)33-22-7-5-4-6-21(22)32-3)23-20(29(15)16(2)30)11-10-19(26-23)17-12-25-28(14-17)18-8-9-18/h4-7,10-12,14-15,18H,8-9,13H2,1-3H3/t15-/m0/s1. The number of amides is 2. The molecular formula is C24H25N5O4. The molecule has 2 aliphatic rings. The molecule has 5 rings (SSSR count). The number of hydrogen-bond acceptors (Lipinski definition) is 6. The fourth-order valence-corrected chi connectivity index (χ4v) is 4.16. The van der Waals surface area contributed by atoms with Crippen molar-refractivity contribution in [1.29, 1.82) is 0 Å². The molecule has 0 spiro atoms. The van der Waals surface area contributed by atoms with Gasteiger partial charge in [0.1, 0.15) is 0 Å². The fraction of sp³-hybridized carbons (Fsp3) is 0.333. The fourth-order valence-electron chi connectivity index (χ4n) is 4.16. The molecule has 1 atom stereocenters. The van der Waals surface area contributed by atoms with Crippen LogP contribution in [-0.2, 0) is 4.79 Å². The van der Waals surface area contributed by atoms with E-state index in [0.717, 1.165) is 18.4 Å². The number of ether oxygens (including phenoxy) is 2. The normalized spacial score (nSPS) is 17.5. The molecule has 2 aromatic heterocycles. The van der Waals surface area contributed by atoms with Crippen LogP contribution in [0.2, 0.25) is 0 Å². The summed E-state index contributed by atoms with van der Waals surface area (Å²) in [5.41, 5.74) is 2.10. The Balaban J connectivity index is 1.52. The van der Waals surface area contributed by atoms with Crippen LogP contribution in [0.25, 0.3) is 11.3 Å². The molecule has 0 radical (unpaired) electrons. The smallest absolute Gasteiger partial charge is 0.421 e. The van der Waals surface area contributed by atoms with Crippen LogP contribution >= 0.6 is 0 Å². The van der Waals surface area contributed by atoms with Gasteiger partial charge in [-0.05, 0) is 44.0 Å². The summed E-state index contributed by atoms with van der Waals surface area (Å²) < 4.78 is 12.9. The molecular weight excluding hydrogens is 422 g/mol. The Hall–Kier alpha value is -3.88. The van der Waals surface area contributed by atoms with Crippen LogP contribution in [0.4, 0.5) is 16.3 Å². The molecule has 170 valence electrons. The number of para-hydroxylation sites is 2. The zero-order valence-corrected chi connectivity index (χ0v) is 18.8. The summed E-state index contributed by atoms with van der Waals surface area (Å²) in [7, 11) is 1.52. The maximum Gasteiger partial charge on any atom is 0.421 e. The Morgan fingerprint density at radius 3 is 2.55 bits per heavy atom. The minimum Gasteiger partial charge on any atom is -0.493 e. The number of carbonyl (C=O) groups excluding carboxylic acids is 2. The number of pyridine rings is 1. The summed E-state index contributed by atoms with van der Waals surface area (Å²) in [6, 6.07) is 10.8. The molecule has 33 heavy (non-hydrogen) atoms. The molecule has 1 aromatic carbocycles. The van der Waals surface area contributed by atoms with Crippen LogP contribution < -0.4 is 19.3 Å². The van der Waals surface area contributed by atoms with E-state index in [2.05, 4.69) is 5.10 Å². The third kappa shape index (κ3) is 3.90. The van der Waals surface area contributed by atoms with Crippen molar-refractivity contribution in [3.8, 4) is 22.8 Å². The monoisotopic (exact) mass is 447 g/mol. The summed E-state index contributed by atoms with van der Waals surface area (Å²) in [5.74, 6) is 1.03. The molecule has 0 unspecified atom stereocenters. The van der Waals surface area contributed by atoms with Crippen molar-refractivity contribution in [2.75, 3.05) is 23.5 Å². The lowest BCUT2D eigenvalue weighted by Crippen LogP contribution is -2.52. The zero-order valence-electron chi connectivity index (χ0n) is 18.8. The quantitative estimate of drug-likeness (QED) is 0.599. The van der Waals surface area contributed by atoms with E-state index in [1.165, 1.54) is 18.9 Å². The number of methoxy groups -OCH3 is 1. The van der Waals surface area contributed by atoms with Crippen LogP contribution in [0.5, 0.6) is 11.5 Å². The number of fused-ring (bicyclic) bond motifs is 1. The average Bonchev–Trinajstić information content (AvgIpc) is 3.54. The van der Waals surface area contributed by atoms with Crippen LogP contribution in [0, 0.1) is 0 Å². The van der Waals surface area contributed by atoms with Gasteiger partial charge in [-0.3, -0.25) is 14.4 Å². The number of rotatable bonds is 4. The van der Waals surface area contributed by atoms with Gasteiger partial charge in [-0.2, -0.15) is 5.10 Å². The van der Waals surface area contributed by atoms with Crippen molar-refractivity contribution >= 4 is 23.5 Å². The van der Waals surface area contributed by atoms with Crippen molar-refractivity contribution < 1.29 is 19.1 Å². The van der Waals surface area contributed by atoms with E-state index >= 15 is 0 Å². The van der Waals surface area contributed by atoms with Crippen LogP contribution in [0.3, 0.4) is 0 Å². The van der Waals surface area contributed by atoms with Crippen molar-refractivity contribution in [1.82, 2.24) is 14.8 Å². The molecule has 0 N–H and O–H groups in total. The number of aromatic nitrogens is 3. The number of hydrogen-bond donors (Lipinski definition) is 0. The van der Waals surface area contributed by atoms with Crippen molar-refractivity contribution in [2.24, 2.45) is 0 Å². The van der Waals surface area contributed by atoms with E-state index in [-0.39, 0.29) is 18.5 Å². The van der Waals surface area contributed by atoms with Gasteiger partial charge in [0.25, 0.3) is 0 Å². The van der Waals surface area contributed by atoms with Gasteiger partial charge in [0.05, 0.1) is 43.3 Å². The summed E-state index contributed by atoms with van der Waals surface area (Å²) in [6.07, 6.45) is 5.42. The summed E-state index contributed by atoms with van der Waals surface area (Å²) in [4.78, 5) is 33.6. The first-order valence-electron chi connectivity index (χ1n) is 10.9. The molecule has 0 saturated heterocycles. The summed E-state index contributed by atoms with van der Waals surface area (Å²) >= 11 is 0. The number of benzene rings is 1. The van der Waals surface area contributed by atoms with Crippen LogP contribution in [0.1, 0.15) is 32.7 Å². The second kappa shape index (κ2) is 8.23. The highest BCUT2D eigenvalue weighted by Crippen LogP contribution is 2.38. The second-order valence-electron chi connectivity index (χ2n) is 8.35. The van der Waals surface area contributed by atoms with Gasteiger partial charge in [-0.25, -0.2) is 9.78 Å². The van der Waals surface area contributed by atoms with Gasteiger partial charge in [-0.1, -0.05) is 12.1 Å². The van der Waals surface area contributed by atoms with E-state index in [1.807, 2.05) is 29.9 Å². The first kappa shape index (κ1) is 21.0. The highest BCUT2D eigenvalue weighted by atomic mass is 16.6. The van der Waals surface area contributed by atoms with Gasteiger partial charge >= 0.3 is 6.09 Å². The predicted octanol–water partition coefficient (Wildman–Crippen LogP) is 4.05. The van der Waals surface area contributed by atoms with Gasteiger partial charge in [-0.15, -0.1) is 0 Å². The van der Waals surface area contributed by atoms with Gasteiger partial charge < -0.3 is 14.4 Å². The predicted molar refractivity (Wildman–Crippen MR) is 123 cm³/mol. The molecule has 1 aliphatic heterocycles. The molecule has 1 fully saturated rings. The van der Waals surface area contributed by atoms with E-state index < -0.39 is 6.09 Å². The SMILES string of the molecule is COc1ccccc1OC(=O)N1C[C@H](C)N(C(C)=O)c2ccc(-c3cnn(C4CC4)c3)nc21. The molecule has 9 nitrogen and oxygen atoms in total. The number of carbonyl (C=O) groups is 2. The summed E-state index contributed by atoms with van der Waals surface area (Å²) in [5, 5.41) is 4.44. The van der Waals surface area contributed by atoms with E-state index in [1.54, 1.807) is 35.4 Å². The zero-order chi connectivity index (χ0) is 23.1. The Labute approximate surface area is 191 Å². The third-order valence-electron chi connectivity index (χ3n) is 5.90. The summed E-state index contributed by atoms with van der Waals surface area (Å²) in [6.45, 7) is 3.65. The highest BCUT2D eigenvalue weighted by Gasteiger charge is 2.36. The Morgan fingerprint density at radius 1 is 1.09 bits per heavy atom. The lowest BCUT2D eigenvalue weighted by atomic mass is 10.1. The van der Waals surface area contributed by atoms with Gasteiger partial charge in [0.15, 0.2) is 17.3 Å². The molecule has 2 amide bonds. The molecule has 3 aromatic rings. The van der Waals surface area contributed by atoms with E-state index in [4.69, 9.17) is 14.5 Å². The highest BCUT2D eigenvalue weighted by molar-refractivity contribution is 6.01. The number of nitrogens with zero attached hydrogens (tertiary/aromatic N) is 5. The Bertz CT molecular complexity index is 1220.